The molecule has 1 saturated heterocycles. The molecule has 0 radical (unpaired) electrons. The molecule has 1 aliphatic heterocycles. The third kappa shape index (κ3) is 6.71. The Morgan fingerprint density at radius 3 is 2.33 bits per heavy atom. The van der Waals surface area contributed by atoms with E-state index in [4.69, 9.17) is 26.4 Å². The number of anilines is 2. The lowest BCUT2D eigenvalue weighted by atomic mass is 10.1. The summed E-state index contributed by atoms with van der Waals surface area (Å²) >= 11 is 5.81. The number of methoxy groups -OCH3 is 2. The summed E-state index contributed by atoms with van der Waals surface area (Å²) in [4.78, 5) is 30.2. The maximum Gasteiger partial charge on any atom is 0.256 e. The van der Waals surface area contributed by atoms with Crippen LogP contribution in [-0.2, 0) is 16.0 Å². The zero-order valence-electron chi connectivity index (χ0n) is 23.3. The van der Waals surface area contributed by atoms with Gasteiger partial charge in [-0.2, -0.15) is 0 Å². The molecule has 9 heteroatoms. The van der Waals surface area contributed by atoms with E-state index in [0.717, 1.165) is 23.3 Å². The molecule has 0 aromatic heterocycles. The summed E-state index contributed by atoms with van der Waals surface area (Å²) in [5.41, 5.74) is 3.39. The van der Waals surface area contributed by atoms with Crippen LogP contribution in [0.3, 0.4) is 0 Å². The molecule has 2 amide bonds. The summed E-state index contributed by atoms with van der Waals surface area (Å²) in [7, 11) is 3.19. The summed E-state index contributed by atoms with van der Waals surface area (Å²) < 4.78 is 16.4. The van der Waals surface area contributed by atoms with Crippen molar-refractivity contribution in [3.8, 4) is 17.2 Å². The minimum Gasteiger partial charge on any atom is -0.494 e. The van der Waals surface area contributed by atoms with Crippen LogP contribution in [0.25, 0.3) is 0 Å². The fourth-order valence-electron chi connectivity index (χ4n) is 4.55. The van der Waals surface area contributed by atoms with Crippen molar-refractivity contribution >= 4 is 40.5 Å². The minimum atomic E-state index is -0.735. The standard InChI is InChI=1S/C31H35N3O5S/c1-5-18-39-25-13-9-23(10-14-25)32-29(35)20-26-30(36)34(24-11-6-21(2)7-12-24)31(40)33(26)17-16-22-8-15-27(37-3)28(19-22)38-4/h6-15,19,26H,5,16-18,20H2,1-4H3,(H,32,35). The highest BCUT2D eigenvalue weighted by atomic mass is 32.1. The number of carbonyl (C=O) groups is 2. The van der Waals surface area contributed by atoms with Gasteiger partial charge in [-0.3, -0.25) is 14.5 Å². The van der Waals surface area contributed by atoms with Gasteiger partial charge in [-0.25, -0.2) is 0 Å². The average molecular weight is 562 g/mol. The van der Waals surface area contributed by atoms with Gasteiger partial charge in [0.05, 0.1) is 32.9 Å². The molecular formula is C31H35N3O5S. The van der Waals surface area contributed by atoms with Gasteiger partial charge in [0.25, 0.3) is 5.91 Å². The average Bonchev–Trinajstić information content (AvgIpc) is 3.19. The summed E-state index contributed by atoms with van der Waals surface area (Å²) in [5, 5.41) is 3.29. The van der Waals surface area contributed by atoms with Gasteiger partial charge >= 0.3 is 0 Å². The molecule has 1 unspecified atom stereocenters. The van der Waals surface area contributed by atoms with Gasteiger partial charge in [0.15, 0.2) is 16.6 Å². The predicted octanol–water partition coefficient (Wildman–Crippen LogP) is 5.37. The summed E-state index contributed by atoms with van der Waals surface area (Å²) in [5.74, 6) is 1.52. The molecule has 1 fully saturated rings. The van der Waals surface area contributed by atoms with Gasteiger partial charge in [0.2, 0.25) is 5.91 Å². The number of rotatable bonds is 12. The molecule has 0 aliphatic carbocycles. The summed E-state index contributed by atoms with van der Waals surface area (Å²) in [6.45, 7) is 5.11. The molecule has 1 heterocycles. The second-order valence-electron chi connectivity index (χ2n) is 9.57. The highest BCUT2D eigenvalue weighted by molar-refractivity contribution is 7.80. The van der Waals surface area contributed by atoms with Crippen LogP contribution in [0, 0.1) is 6.92 Å². The lowest BCUT2D eigenvalue weighted by Gasteiger charge is -2.24. The topological polar surface area (TPSA) is 80.3 Å². The van der Waals surface area contributed by atoms with Crippen LogP contribution in [0.1, 0.15) is 30.9 Å². The number of thiocarbonyl (C=S) groups is 1. The van der Waals surface area contributed by atoms with Crippen LogP contribution in [-0.4, -0.2) is 55.2 Å². The van der Waals surface area contributed by atoms with Crippen LogP contribution in [0.5, 0.6) is 17.2 Å². The first kappa shape index (κ1) is 28.9. The Kier molecular flexibility index (Phi) is 9.60. The molecule has 1 atom stereocenters. The van der Waals surface area contributed by atoms with Crippen LogP contribution >= 0.6 is 12.2 Å². The Morgan fingerprint density at radius 1 is 0.975 bits per heavy atom. The number of aryl methyl sites for hydroxylation is 1. The molecule has 1 N–H and O–H groups in total. The largest absolute Gasteiger partial charge is 0.494 e. The molecule has 4 rings (SSSR count). The molecule has 3 aromatic rings. The fourth-order valence-corrected chi connectivity index (χ4v) is 4.96. The smallest absolute Gasteiger partial charge is 0.256 e. The Balaban J connectivity index is 1.52. The first-order valence-corrected chi connectivity index (χ1v) is 13.7. The summed E-state index contributed by atoms with van der Waals surface area (Å²) in [6, 6.07) is 19.8. The molecule has 8 nitrogen and oxygen atoms in total. The van der Waals surface area contributed by atoms with E-state index in [1.54, 1.807) is 26.4 Å². The fraction of sp³-hybridized carbons (Fsp3) is 0.323. The summed E-state index contributed by atoms with van der Waals surface area (Å²) in [6.07, 6.45) is 1.46. The zero-order valence-corrected chi connectivity index (χ0v) is 24.1. The Labute approximate surface area is 240 Å². The second kappa shape index (κ2) is 13.3. The van der Waals surface area contributed by atoms with Crippen LogP contribution in [0.2, 0.25) is 0 Å². The molecular weight excluding hydrogens is 526 g/mol. The van der Waals surface area contributed by atoms with Crippen molar-refractivity contribution in [2.45, 2.75) is 39.2 Å². The number of hydrogen-bond donors (Lipinski definition) is 1. The van der Waals surface area contributed by atoms with E-state index in [1.165, 1.54) is 4.90 Å². The van der Waals surface area contributed by atoms with E-state index in [2.05, 4.69) is 5.32 Å². The van der Waals surface area contributed by atoms with Gasteiger partial charge in [-0.15, -0.1) is 0 Å². The molecule has 3 aromatic carbocycles. The van der Waals surface area contributed by atoms with Gasteiger partial charge in [0, 0.05) is 12.2 Å². The minimum absolute atomic E-state index is 0.0403. The normalized spacial score (nSPS) is 14.8. The second-order valence-corrected chi connectivity index (χ2v) is 9.93. The Bertz CT molecular complexity index is 1340. The van der Waals surface area contributed by atoms with Crippen LogP contribution < -0.4 is 24.4 Å². The van der Waals surface area contributed by atoms with E-state index in [9.17, 15) is 9.59 Å². The predicted molar refractivity (Wildman–Crippen MR) is 160 cm³/mol. The van der Waals surface area contributed by atoms with Crippen molar-refractivity contribution in [2.75, 3.05) is 37.6 Å². The molecule has 210 valence electrons. The number of amides is 2. The quantitative estimate of drug-likeness (QED) is 0.298. The third-order valence-electron chi connectivity index (χ3n) is 6.69. The maximum absolute atomic E-state index is 13.7. The van der Waals surface area contributed by atoms with Gasteiger partial charge in [-0.1, -0.05) is 30.7 Å². The molecule has 40 heavy (non-hydrogen) atoms. The number of ether oxygens (including phenoxy) is 3. The first-order chi connectivity index (χ1) is 19.3. The highest BCUT2D eigenvalue weighted by Crippen LogP contribution is 2.30. The van der Waals surface area contributed by atoms with Crippen molar-refractivity contribution in [1.82, 2.24) is 4.90 Å². The highest BCUT2D eigenvalue weighted by Gasteiger charge is 2.43. The Hall–Kier alpha value is -4.11. The zero-order chi connectivity index (χ0) is 28.6. The third-order valence-corrected chi connectivity index (χ3v) is 7.11. The van der Waals surface area contributed by atoms with Crippen molar-refractivity contribution in [3.63, 3.8) is 0 Å². The van der Waals surface area contributed by atoms with Crippen molar-refractivity contribution < 1.29 is 23.8 Å². The van der Waals surface area contributed by atoms with Crippen LogP contribution in [0.15, 0.2) is 66.7 Å². The molecule has 0 saturated carbocycles. The van der Waals surface area contributed by atoms with Crippen molar-refractivity contribution in [2.24, 2.45) is 0 Å². The van der Waals surface area contributed by atoms with E-state index in [1.807, 2.05) is 73.3 Å². The van der Waals surface area contributed by atoms with E-state index in [-0.39, 0.29) is 18.2 Å². The number of carbonyl (C=O) groups excluding carboxylic acids is 2. The first-order valence-electron chi connectivity index (χ1n) is 13.3. The SMILES string of the molecule is CCCOc1ccc(NC(=O)CC2C(=O)N(c3ccc(C)cc3)C(=S)N2CCc2ccc(OC)c(OC)c2)cc1. The number of hydrogen-bond acceptors (Lipinski definition) is 6. The number of nitrogens with one attached hydrogen (secondary N) is 1. The van der Waals surface area contributed by atoms with Gasteiger partial charge in [-0.05, 0) is 86.1 Å². The lowest BCUT2D eigenvalue weighted by Crippen LogP contribution is -2.39. The van der Waals surface area contributed by atoms with E-state index >= 15 is 0 Å². The molecule has 1 aliphatic rings. The number of benzene rings is 3. The van der Waals surface area contributed by atoms with Gasteiger partial charge < -0.3 is 24.4 Å². The van der Waals surface area contributed by atoms with Crippen molar-refractivity contribution in [3.05, 3.63) is 77.9 Å². The van der Waals surface area contributed by atoms with Gasteiger partial charge in [0.1, 0.15) is 11.8 Å². The molecule has 0 bridgehead atoms. The van der Waals surface area contributed by atoms with E-state index in [0.29, 0.717) is 47.6 Å². The monoisotopic (exact) mass is 561 g/mol. The van der Waals surface area contributed by atoms with Crippen LogP contribution in [0.4, 0.5) is 11.4 Å². The lowest BCUT2D eigenvalue weighted by molar-refractivity contribution is -0.124. The maximum atomic E-state index is 13.7. The molecule has 0 spiro atoms. The van der Waals surface area contributed by atoms with Crippen molar-refractivity contribution in [1.29, 1.82) is 0 Å². The van der Waals surface area contributed by atoms with E-state index < -0.39 is 6.04 Å². The Morgan fingerprint density at radius 2 is 1.68 bits per heavy atom. The number of nitrogens with zero attached hydrogens (tertiary/aromatic N) is 2.